The largest absolute Gasteiger partial charge is 0.454 e. The molecule has 5 nitrogen and oxygen atoms in total. The van der Waals surface area contributed by atoms with E-state index in [0.717, 1.165) is 0 Å². The van der Waals surface area contributed by atoms with Gasteiger partial charge in [0.1, 0.15) is 0 Å². The molecule has 22 heavy (non-hydrogen) atoms. The van der Waals surface area contributed by atoms with Crippen LogP contribution in [0.4, 0.5) is 0 Å². The molecule has 0 saturated carbocycles. The topological polar surface area (TPSA) is 54.0 Å². The molecule has 1 aliphatic rings. The molecule has 128 valence electrons. The first-order valence-electron chi connectivity index (χ1n) is 7.70. The Balaban J connectivity index is 3.25. The molecule has 1 atom stereocenters. The van der Waals surface area contributed by atoms with Crippen LogP contribution in [0, 0.1) is 5.92 Å². The molecule has 0 aromatic rings. The average Bonchev–Trinajstić information content (AvgIpc) is 2.21. The molecule has 1 fully saturated rings. The van der Waals surface area contributed by atoms with Crippen LogP contribution in [-0.2, 0) is 21.9 Å². The van der Waals surface area contributed by atoms with E-state index in [-0.39, 0.29) is 0 Å². The van der Waals surface area contributed by atoms with E-state index in [9.17, 15) is 4.79 Å². The van der Waals surface area contributed by atoms with Gasteiger partial charge in [0.15, 0.2) is 5.22 Å². The lowest BCUT2D eigenvalue weighted by atomic mass is 10.1. The second-order valence-corrected chi connectivity index (χ2v) is 18.5. The van der Waals surface area contributed by atoms with E-state index in [2.05, 4.69) is 20.4 Å². The van der Waals surface area contributed by atoms with Crippen LogP contribution in [0.1, 0.15) is 27.2 Å². The highest BCUT2D eigenvalue weighted by atomic mass is 28.5. The van der Waals surface area contributed by atoms with Crippen molar-refractivity contribution < 1.29 is 21.9 Å². The van der Waals surface area contributed by atoms with Crippen LogP contribution in [0.15, 0.2) is 12.7 Å². The van der Waals surface area contributed by atoms with Crippen molar-refractivity contribution in [3.63, 3.8) is 0 Å². The summed E-state index contributed by atoms with van der Waals surface area (Å²) in [5.41, 5.74) is 0. The Bertz CT molecular complexity index is 434. The Hall–Kier alpha value is -0.259. The molecular formula is C14H30O5Si3. The number of rotatable bonds is 5. The van der Waals surface area contributed by atoms with Crippen LogP contribution in [0.2, 0.25) is 32.7 Å². The predicted octanol–water partition coefficient (Wildman–Crippen LogP) is 3.60. The van der Waals surface area contributed by atoms with Crippen LogP contribution >= 0.6 is 0 Å². The van der Waals surface area contributed by atoms with Gasteiger partial charge in [-0.1, -0.05) is 20.4 Å². The summed E-state index contributed by atoms with van der Waals surface area (Å²) in [4.78, 5) is 11.9. The zero-order chi connectivity index (χ0) is 17.4. The minimum absolute atomic E-state index is 0.344. The summed E-state index contributed by atoms with van der Waals surface area (Å²) in [6, 6.07) is 0. The van der Waals surface area contributed by atoms with Gasteiger partial charge < -0.3 is 17.1 Å². The summed E-state index contributed by atoms with van der Waals surface area (Å²) < 4.78 is 24.6. The molecule has 0 bridgehead atoms. The summed E-state index contributed by atoms with van der Waals surface area (Å²) in [7, 11) is -7.40. The lowest BCUT2D eigenvalue weighted by Crippen LogP contribution is -2.74. The molecule has 0 amide bonds. The van der Waals surface area contributed by atoms with Crippen LogP contribution in [0.25, 0.3) is 0 Å². The van der Waals surface area contributed by atoms with Gasteiger partial charge in [-0.25, -0.2) is 4.79 Å². The van der Waals surface area contributed by atoms with E-state index in [1.807, 2.05) is 39.7 Å². The Morgan fingerprint density at radius 1 is 1.14 bits per heavy atom. The van der Waals surface area contributed by atoms with E-state index < -0.39 is 36.9 Å². The standard InChI is InChI=1S/C14H30O5Si3/c1-10-13(15)16-14(4,11-12(2)3)22(9)18-20(5,6)17-21(7,8)19-22/h10,12H,1,11H2,2-9H3. The number of ether oxygens (including phenoxy) is 1. The van der Waals surface area contributed by atoms with Crippen LogP contribution in [-0.4, -0.2) is 36.9 Å². The molecule has 0 N–H and O–H groups in total. The normalized spacial score (nSPS) is 25.3. The average molecular weight is 363 g/mol. The Kier molecular flexibility index (Phi) is 5.69. The van der Waals surface area contributed by atoms with Gasteiger partial charge in [0, 0.05) is 6.08 Å². The first-order chi connectivity index (χ1) is 9.74. The molecule has 8 heteroatoms. The summed E-state index contributed by atoms with van der Waals surface area (Å²) in [5, 5.41) is -0.773. The number of hydrogen-bond acceptors (Lipinski definition) is 5. The molecule has 1 unspecified atom stereocenters. The summed E-state index contributed by atoms with van der Waals surface area (Å²) in [5.74, 6) is -0.0916. The van der Waals surface area contributed by atoms with Crippen molar-refractivity contribution in [2.75, 3.05) is 0 Å². The zero-order valence-electron chi connectivity index (χ0n) is 15.1. The third kappa shape index (κ3) is 4.62. The highest BCUT2D eigenvalue weighted by Gasteiger charge is 2.63. The summed E-state index contributed by atoms with van der Waals surface area (Å²) in [6.45, 7) is 19.7. The van der Waals surface area contributed by atoms with Gasteiger partial charge >= 0.3 is 31.7 Å². The third-order valence-electron chi connectivity index (χ3n) is 3.62. The molecule has 0 aromatic heterocycles. The van der Waals surface area contributed by atoms with Crippen molar-refractivity contribution in [2.45, 2.75) is 65.2 Å². The third-order valence-corrected chi connectivity index (χ3v) is 16.8. The van der Waals surface area contributed by atoms with Crippen LogP contribution in [0.3, 0.4) is 0 Å². The Morgan fingerprint density at radius 3 is 1.95 bits per heavy atom. The van der Waals surface area contributed by atoms with Crippen molar-refractivity contribution in [1.82, 2.24) is 0 Å². The molecule has 0 spiro atoms. The maximum absolute atomic E-state index is 11.9. The van der Waals surface area contributed by atoms with Gasteiger partial charge in [-0.3, -0.25) is 0 Å². The van der Waals surface area contributed by atoms with Crippen molar-refractivity contribution in [1.29, 1.82) is 0 Å². The molecule has 0 radical (unpaired) electrons. The second-order valence-electron chi connectivity index (χ2n) is 7.51. The van der Waals surface area contributed by atoms with E-state index in [4.69, 9.17) is 17.1 Å². The van der Waals surface area contributed by atoms with Crippen LogP contribution in [0.5, 0.6) is 0 Å². The molecule has 1 saturated heterocycles. The van der Waals surface area contributed by atoms with Crippen LogP contribution < -0.4 is 0 Å². The Labute approximate surface area is 137 Å². The van der Waals surface area contributed by atoms with E-state index in [0.29, 0.717) is 12.3 Å². The van der Waals surface area contributed by atoms with E-state index in [1.165, 1.54) is 6.08 Å². The minimum atomic E-state index is -2.80. The first kappa shape index (κ1) is 19.8. The van der Waals surface area contributed by atoms with Gasteiger partial charge in [0.05, 0.1) is 0 Å². The SMILES string of the molecule is C=CC(=O)OC(C)(CC(C)C)[Si]1(C)O[Si](C)(C)O[Si](C)(C)O1. The van der Waals surface area contributed by atoms with Gasteiger partial charge in [0.2, 0.25) is 0 Å². The fraction of sp³-hybridized carbons (Fsp3) is 0.786. The summed E-state index contributed by atoms with van der Waals surface area (Å²) in [6.07, 6.45) is 1.88. The lowest BCUT2D eigenvalue weighted by Gasteiger charge is -2.53. The fourth-order valence-electron chi connectivity index (χ4n) is 3.17. The second kappa shape index (κ2) is 6.33. The molecule has 1 rings (SSSR count). The smallest absolute Gasteiger partial charge is 0.362 e. The van der Waals surface area contributed by atoms with Crippen molar-refractivity contribution in [3.05, 3.63) is 12.7 Å². The molecule has 1 heterocycles. The number of esters is 1. The quantitative estimate of drug-likeness (QED) is 0.425. The predicted molar refractivity (Wildman–Crippen MR) is 94.0 cm³/mol. The van der Waals surface area contributed by atoms with Gasteiger partial charge in [-0.2, -0.15) is 0 Å². The molecule has 0 aromatic carbocycles. The fourth-order valence-corrected chi connectivity index (χ4v) is 19.8. The van der Waals surface area contributed by atoms with Gasteiger partial charge in [-0.15, -0.1) is 0 Å². The first-order valence-corrected chi connectivity index (χ1v) is 15.7. The Morgan fingerprint density at radius 2 is 1.59 bits per heavy atom. The molecular weight excluding hydrogens is 332 g/mol. The monoisotopic (exact) mass is 362 g/mol. The van der Waals surface area contributed by atoms with Crippen molar-refractivity contribution in [2.24, 2.45) is 5.92 Å². The summed E-state index contributed by atoms with van der Waals surface area (Å²) >= 11 is 0. The maximum Gasteiger partial charge on any atom is 0.362 e. The number of carbonyl (C=O) groups is 1. The van der Waals surface area contributed by atoms with Gasteiger partial charge in [-0.05, 0) is 52.0 Å². The zero-order valence-corrected chi connectivity index (χ0v) is 18.1. The molecule has 0 aliphatic carbocycles. The van der Waals surface area contributed by atoms with Crippen molar-refractivity contribution in [3.8, 4) is 0 Å². The van der Waals surface area contributed by atoms with E-state index >= 15 is 0 Å². The number of carbonyl (C=O) groups excluding carboxylic acids is 1. The minimum Gasteiger partial charge on any atom is -0.454 e. The maximum atomic E-state index is 11.9. The lowest BCUT2D eigenvalue weighted by molar-refractivity contribution is -0.149. The van der Waals surface area contributed by atoms with E-state index in [1.54, 1.807) is 0 Å². The highest BCUT2D eigenvalue weighted by molar-refractivity contribution is 6.93. The highest BCUT2D eigenvalue weighted by Crippen LogP contribution is 2.41. The van der Waals surface area contributed by atoms with Gasteiger partial charge in [0.25, 0.3) is 0 Å². The molecule has 1 aliphatic heterocycles. The van der Waals surface area contributed by atoms with Crippen molar-refractivity contribution >= 4 is 31.7 Å². The number of hydrogen-bond donors (Lipinski definition) is 0.